The summed E-state index contributed by atoms with van der Waals surface area (Å²) in [7, 11) is -9.07. The number of amides is 1. The number of aromatic nitrogens is 4. The minimum absolute atomic E-state index is 0.00754. The molecule has 4 aromatic carbocycles. The number of hydrogen-bond acceptors (Lipinski definition) is 13. The lowest BCUT2D eigenvalue weighted by atomic mass is 9.84. The maximum absolute atomic E-state index is 12.4. The van der Waals surface area contributed by atoms with E-state index in [1.165, 1.54) is 19.3 Å². The average Bonchev–Trinajstić information content (AvgIpc) is 3.17. The van der Waals surface area contributed by atoms with Crippen LogP contribution in [0, 0.1) is 0 Å². The van der Waals surface area contributed by atoms with Crippen molar-refractivity contribution in [2.24, 2.45) is 0 Å². The SMILES string of the molecule is CC(=O)NCc1ccc(-c2nncnn2)cc1.CC1(C)C=C(CS(=O)(=O)[O-])c2cc3c(cc2N1)Oc1cc2c(cc1=C3c1ccccc1C(=O)O)C(CS(=O)(=O)O)=CC(C)(C)[NH+]=2. The summed E-state index contributed by atoms with van der Waals surface area (Å²) in [6.45, 7) is 9.37. The second-order valence-electron chi connectivity index (χ2n) is 16.1. The number of carboxylic acid groups (broad SMARTS) is 1. The van der Waals surface area contributed by atoms with Crippen molar-refractivity contribution in [3.8, 4) is 22.9 Å². The van der Waals surface area contributed by atoms with Crippen molar-refractivity contribution in [1.29, 1.82) is 0 Å². The van der Waals surface area contributed by atoms with Crippen LogP contribution in [0.5, 0.6) is 11.5 Å². The van der Waals surface area contributed by atoms with Gasteiger partial charge in [-0.05, 0) is 60.4 Å². The highest BCUT2D eigenvalue weighted by molar-refractivity contribution is 7.86. The van der Waals surface area contributed by atoms with Gasteiger partial charge in [0.05, 0.1) is 38.6 Å². The fraction of sp³-hybridized carbons (Fsp3) is 0.233. The van der Waals surface area contributed by atoms with E-state index >= 15 is 0 Å². The van der Waals surface area contributed by atoms with Crippen LogP contribution in [-0.4, -0.2) is 85.9 Å². The number of fused-ring (bicyclic) bond motifs is 4. The predicted molar refractivity (Wildman–Crippen MR) is 227 cm³/mol. The largest absolute Gasteiger partial charge is 0.748 e. The third kappa shape index (κ3) is 9.92. The average molecular weight is 880 g/mol. The predicted octanol–water partition coefficient (Wildman–Crippen LogP) is 2.20. The number of aromatic carboxylic acids is 1. The highest BCUT2D eigenvalue weighted by atomic mass is 32.2. The molecule has 0 spiro atoms. The topological polar surface area (TPSA) is 265 Å². The van der Waals surface area contributed by atoms with Crippen LogP contribution in [-0.2, 0) is 31.6 Å². The summed E-state index contributed by atoms with van der Waals surface area (Å²) in [5.41, 5.74) is 3.80. The van der Waals surface area contributed by atoms with Crippen LogP contribution in [0.4, 0.5) is 5.69 Å². The highest BCUT2D eigenvalue weighted by Crippen LogP contribution is 2.44. The number of benzene rings is 4. The molecule has 8 rings (SSSR count). The van der Waals surface area contributed by atoms with Gasteiger partial charge in [0.1, 0.15) is 17.3 Å². The second-order valence-corrected chi connectivity index (χ2v) is 18.9. The van der Waals surface area contributed by atoms with Gasteiger partial charge in [-0.25, -0.2) is 18.2 Å². The van der Waals surface area contributed by atoms with Gasteiger partial charge in [0.2, 0.25) is 17.1 Å². The molecule has 62 heavy (non-hydrogen) atoms. The van der Waals surface area contributed by atoms with E-state index in [1.807, 2.05) is 52.0 Å². The number of carboxylic acids is 1. The minimum Gasteiger partial charge on any atom is -0.748 e. The minimum atomic E-state index is -4.66. The summed E-state index contributed by atoms with van der Waals surface area (Å²) < 4.78 is 75.9. The van der Waals surface area contributed by atoms with Crippen LogP contribution in [0.25, 0.3) is 28.1 Å². The van der Waals surface area contributed by atoms with Gasteiger partial charge in [-0.1, -0.05) is 48.5 Å². The molecule has 3 aliphatic heterocycles. The van der Waals surface area contributed by atoms with Gasteiger partial charge >= 0.3 is 5.97 Å². The van der Waals surface area contributed by atoms with Gasteiger partial charge in [-0.3, -0.25) is 9.35 Å². The number of hydrogen-bond donors (Lipinski definition) is 5. The third-order valence-corrected chi connectivity index (χ3v) is 11.3. The van der Waals surface area contributed by atoms with Gasteiger partial charge in [0, 0.05) is 66.6 Å². The van der Waals surface area contributed by atoms with Crippen molar-refractivity contribution in [1.82, 2.24) is 25.7 Å². The lowest BCUT2D eigenvalue weighted by Crippen LogP contribution is -2.89. The molecule has 0 radical (unpaired) electrons. The first-order valence-electron chi connectivity index (χ1n) is 19.0. The van der Waals surface area contributed by atoms with Crippen molar-refractivity contribution in [3.63, 3.8) is 0 Å². The second kappa shape index (κ2) is 16.3. The van der Waals surface area contributed by atoms with E-state index in [9.17, 15) is 40.6 Å². The Labute approximate surface area is 356 Å². The molecule has 5 N–H and O–H groups in total. The standard InChI is InChI=1S/C32H30N2O9S2.C11H11N5O/c1-31(2)13-17(15-44(37,38)39)21-9-23-27(11-25(21)33-31)43-28-12-26-22(18(16-45(40,41)42)14-32(3,4)34-26)10-24(28)29(23)19-7-5-6-8-20(19)30(35)36;1-8(17)12-6-9-2-4-10(5-3-9)11-15-13-7-14-16-11/h5-14,33H,15-16H2,1-4H3,(H,35,36)(H,37,38,39)(H,40,41,42);2-5,7H,6H2,1H3,(H,12,17). The number of ether oxygens (including phenoxy) is 1. The first kappa shape index (κ1) is 43.4. The van der Waals surface area contributed by atoms with Gasteiger partial charge in [0.15, 0.2) is 11.9 Å². The Morgan fingerprint density at radius 2 is 1.52 bits per heavy atom. The molecule has 19 heteroatoms. The number of anilines is 1. The molecular weight excluding hydrogens is 839 g/mol. The summed E-state index contributed by atoms with van der Waals surface area (Å²) in [6.07, 6.45) is 4.67. The van der Waals surface area contributed by atoms with Crippen LogP contribution < -0.4 is 30.9 Å². The van der Waals surface area contributed by atoms with Gasteiger partial charge < -0.3 is 25.0 Å². The van der Waals surface area contributed by atoms with Crippen LogP contribution in [0.2, 0.25) is 0 Å². The smallest absolute Gasteiger partial charge is 0.336 e. The number of carbonyl (C=O) groups is 2. The van der Waals surface area contributed by atoms with E-state index in [4.69, 9.17) is 4.74 Å². The van der Waals surface area contributed by atoms with Crippen molar-refractivity contribution >= 4 is 54.5 Å². The molecular formula is C43H41N7O10S2. The van der Waals surface area contributed by atoms with E-state index in [2.05, 4.69) is 36.0 Å². The van der Waals surface area contributed by atoms with Crippen LogP contribution in [0.3, 0.4) is 0 Å². The first-order chi connectivity index (χ1) is 29.0. The lowest BCUT2D eigenvalue weighted by molar-refractivity contribution is -0.568. The summed E-state index contributed by atoms with van der Waals surface area (Å²) in [4.78, 5) is 26.5. The van der Waals surface area contributed by atoms with Gasteiger partial charge in [-0.2, -0.15) is 8.42 Å². The molecule has 17 nitrogen and oxygen atoms in total. The zero-order valence-electron chi connectivity index (χ0n) is 34.0. The van der Waals surface area contributed by atoms with Gasteiger partial charge in [-0.15, -0.1) is 20.4 Å². The van der Waals surface area contributed by atoms with Crippen LogP contribution in [0.15, 0.2) is 91.3 Å². The first-order valence-corrected chi connectivity index (χ1v) is 22.2. The van der Waals surface area contributed by atoms with E-state index in [0.29, 0.717) is 79.1 Å². The zero-order chi connectivity index (χ0) is 44.8. The zero-order valence-corrected chi connectivity index (χ0v) is 35.7. The highest BCUT2D eigenvalue weighted by Gasteiger charge is 2.34. The molecule has 320 valence electrons. The number of nitrogens with one attached hydrogen (secondary N) is 3. The summed E-state index contributed by atoms with van der Waals surface area (Å²) in [6, 6.07) is 20.7. The Kier molecular flexibility index (Phi) is 11.4. The van der Waals surface area contributed by atoms with E-state index in [1.54, 1.807) is 54.6 Å². The lowest BCUT2D eigenvalue weighted by Gasteiger charge is -2.34. The van der Waals surface area contributed by atoms with E-state index in [0.717, 1.165) is 11.1 Å². The van der Waals surface area contributed by atoms with E-state index < -0.39 is 48.8 Å². The summed E-state index contributed by atoms with van der Waals surface area (Å²) in [5.74, 6) is -1.42. The van der Waals surface area contributed by atoms with Crippen LogP contribution >= 0.6 is 0 Å². The number of carbonyl (C=O) groups excluding carboxylic acids is 1. The molecule has 0 saturated heterocycles. The molecule has 4 heterocycles. The maximum Gasteiger partial charge on any atom is 0.336 e. The third-order valence-electron chi connectivity index (χ3n) is 9.93. The number of rotatable bonds is 9. The quantitative estimate of drug-likeness (QED) is 0.130. The molecule has 1 amide bonds. The summed E-state index contributed by atoms with van der Waals surface area (Å²) in [5, 5.41) is 32.3. The molecule has 0 bridgehead atoms. The fourth-order valence-corrected chi connectivity index (χ4v) is 8.89. The van der Waals surface area contributed by atoms with Crippen molar-refractivity contribution in [2.75, 3.05) is 16.8 Å². The molecule has 3 aliphatic rings. The van der Waals surface area contributed by atoms with Crippen molar-refractivity contribution in [3.05, 3.63) is 135 Å². The van der Waals surface area contributed by atoms with Crippen molar-refractivity contribution < 1.29 is 50.4 Å². The normalized spacial score (nSPS) is 15.5. The molecule has 5 aromatic rings. The Bertz CT molecular complexity index is 3080. The molecule has 0 fully saturated rings. The Balaban J connectivity index is 0.000000284. The van der Waals surface area contributed by atoms with E-state index in [-0.39, 0.29) is 11.5 Å². The molecule has 0 atom stereocenters. The van der Waals surface area contributed by atoms with Gasteiger partial charge in [0.25, 0.3) is 10.1 Å². The molecule has 1 aromatic heterocycles. The van der Waals surface area contributed by atoms with Crippen molar-refractivity contribution in [2.45, 2.75) is 52.2 Å². The molecule has 0 aliphatic carbocycles. The number of nitrogens with zero attached hydrogens (tertiary/aromatic N) is 4. The molecule has 0 unspecified atom stereocenters. The Morgan fingerprint density at radius 1 is 0.839 bits per heavy atom. The molecule has 0 saturated carbocycles. The Hall–Kier alpha value is -6.67. The Morgan fingerprint density at radius 3 is 2.16 bits per heavy atom. The monoisotopic (exact) mass is 879 g/mol. The fourth-order valence-electron chi connectivity index (χ4n) is 7.64. The summed E-state index contributed by atoms with van der Waals surface area (Å²) >= 11 is 0. The van der Waals surface area contributed by atoms with Crippen LogP contribution in [0.1, 0.15) is 72.8 Å². The maximum atomic E-state index is 12.4.